The van der Waals surface area contributed by atoms with Crippen LogP contribution in [0.3, 0.4) is 0 Å². The van der Waals surface area contributed by atoms with E-state index in [4.69, 9.17) is 14.2 Å². The summed E-state index contributed by atoms with van der Waals surface area (Å²) in [6.45, 7) is 3.23. The van der Waals surface area contributed by atoms with E-state index in [9.17, 15) is 5.11 Å². The first-order valence-electron chi connectivity index (χ1n) is 11.3. The Morgan fingerprint density at radius 1 is 1.03 bits per heavy atom. The molecule has 3 atom stereocenters. The van der Waals surface area contributed by atoms with E-state index in [1.807, 2.05) is 6.07 Å². The van der Waals surface area contributed by atoms with E-state index in [1.165, 1.54) is 16.7 Å². The minimum atomic E-state index is -0.489. The number of ether oxygens (including phenoxy) is 3. The predicted octanol–water partition coefficient (Wildman–Crippen LogP) is 4.05. The van der Waals surface area contributed by atoms with Gasteiger partial charge in [0.2, 0.25) is 0 Å². The Kier molecular flexibility index (Phi) is 5.93. The van der Waals surface area contributed by atoms with Crippen LogP contribution in [-0.4, -0.2) is 49.0 Å². The molecule has 1 saturated heterocycles. The van der Waals surface area contributed by atoms with E-state index in [0.717, 1.165) is 50.1 Å². The van der Waals surface area contributed by atoms with Crippen molar-refractivity contribution in [2.24, 2.45) is 0 Å². The van der Waals surface area contributed by atoms with Crippen LogP contribution in [-0.2, 0) is 11.2 Å². The number of nitrogens with zero attached hydrogens (tertiary/aromatic N) is 1. The molecule has 0 saturated carbocycles. The van der Waals surface area contributed by atoms with Gasteiger partial charge in [0.15, 0.2) is 11.5 Å². The Morgan fingerprint density at radius 3 is 2.83 bits per heavy atom. The second-order valence-electron chi connectivity index (χ2n) is 8.62. The molecular weight excluding hydrogens is 378 g/mol. The van der Waals surface area contributed by atoms with Gasteiger partial charge in [0.25, 0.3) is 0 Å². The van der Waals surface area contributed by atoms with E-state index in [2.05, 4.69) is 41.3 Å². The van der Waals surface area contributed by atoms with E-state index in [1.54, 1.807) is 0 Å². The van der Waals surface area contributed by atoms with Crippen molar-refractivity contribution in [3.63, 3.8) is 0 Å². The molecule has 0 unspecified atom stereocenters. The normalized spacial score (nSPS) is 24.4. The monoisotopic (exact) mass is 409 g/mol. The standard InChI is InChI=1S/C25H31NO4/c27-20(17-30-23-9-3-6-18-5-1-2-7-21(18)23)16-26-12-4-8-22(26)19-10-11-24-25(15-19)29-14-13-28-24/h1-2,5,7,10-11,15,20,22-23,27H,3-4,6,8-9,12-14,16-17H2/t20-,22+,23+/m0/s1. The van der Waals surface area contributed by atoms with Crippen molar-refractivity contribution in [2.75, 3.05) is 32.9 Å². The molecule has 0 bridgehead atoms. The maximum Gasteiger partial charge on any atom is 0.161 e. The summed E-state index contributed by atoms with van der Waals surface area (Å²) in [7, 11) is 0. The lowest BCUT2D eigenvalue weighted by atomic mass is 9.89. The van der Waals surface area contributed by atoms with Gasteiger partial charge >= 0.3 is 0 Å². The molecule has 2 aliphatic heterocycles. The van der Waals surface area contributed by atoms with Crippen LogP contribution in [0.2, 0.25) is 0 Å². The summed E-state index contributed by atoms with van der Waals surface area (Å²) in [5, 5.41) is 10.7. The highest BCUT2D eigenvalue weighted by Gasteiger charge is 2.29. The molecule has 5 rings (SSSR count). The Morgan fingerprint density at radius 2 is 1.90 bits per heavy atom. The molecule has 1 N–H and O–H groups in total. The zero-order valence-electron chi connectivity index (χ0n) is 17.5. The summed E-state index contributed by atoms with van der Waals surface area (Å²) in [5.74, 6) is 1.67. The van der Waals surface area contributed by atoms with Crippen molar-refractivity contribution in [1.82, 2.24) is 4.90 Å². The fraction of sp³-hybridized carbons (Fsp3) is 0.520. The quantitative estimate of drug-likeness (QED) is 0.780. The van der Waals surface area contributed by atoms with Crippen molar-refractivity contribution >= 4 is 0 Å². The number of likely N-dealkylation sites (tertiary alicyclic amines) is 1. The molecule has 5 heteroatoms. The molecule has 1 aliphatic carbocycles. The maximum atomic E-state index is 10.7. The molecule has 2 heterocycles. The second-order valence-corrected chi connectivity index (χ2v) is 8.62. The number of aliphatic hydroxyl groups excluding tert-OH is 1. The van der Waals surface area contributed by atoms with Gasteiger partial charge in [-0.25, -0.2) is 0 Å². The lowest BCUT2D eigenvalue weighted by Crippen LogP contribution is -2.35. The van der Waals surface area contributed by atoms with Crippen molar-refractivity contribution in [3.05, 3.63) is 59.2 Å². The van der Waals surface area contributed by atoms with Crippen LogP contribution in [0.5, 0.6) is 11.5 Å². The molecule has 30 heavy (non-hydrogen) atoms. The van der Waals surface area contributed by atoms with Crippen LogP contribution < -0.4 is 9.47 Å². The summed E-state index contributed by atoms with van der Waals surface area (Å²) < 4.78 is 17.6. The molecule has 1 fully saturated rings. The van der Waals surface area contributed by atoms with E-state index in [0.29, 0.717) is 32.4 Å². The van der Waals surface area contributed by atoms with E-state index < -0.39 is 6.10 Å². The molecule has 5 nitrogen and oxygen atoms in total. The van der Waals surface area contributed by atoms with Crippen LogP contribution >= 0.6 is 0 Å². The van der Waals surface area contributed by atoms with Crippen molar-refractivity contribution in [2.45, 2.75) is 50.4 Å². The molecule has 3 aliphatic rings. The smallest absolute Gasteiger partial charge is 0.161 e. The van der Waals surface area contributed by atoms with E-state index >= 15 is 0 Å². The lowest BCUT2D eigenvalue weighted by Gasteiger charge is -2.30. The number of rotatable bonds is 6. The average Bonchev–Trinajstić information content (AvgIpc) is 3.25. The molecule has 2 aromatic rings. The topological polar surface area (TPSA) is 51.2 Å². The third kappa shape index (κ3) is 4.20. The van der Waals surface area contributed by atoms with Gasteiger partial charge in [0, 0.05) is 12.6 Å². The first-order valence-corrected chi connectivity index (χ1v) is 11.3. The Labute approximate surface area is 178 Å². The molecule has 0 amide bonds. The van der Waals surface area contributed by atoms with E-state index in [-0.39, 0.29) is 6.10 Å². The summed E-state index contributed by atoms with van der Waals surface area (Å²) in [6.07, 6.45) is 5.17. The van der Waals surface area contributed by atoms with Gasteiger partial charge in [0.05, 0.1) is 18.8 Å². The maximum absolute atomic E-state index is 10.7. The highest BCUT2D eigenvalue weighted by molar-refractivity contribution is 5.44. The van der Waals surface area contributed by atoms with Crippen LogP contribution in [0.4, 0.5) is 0 Å². The molecular formula is C25H31NO4. The van der Waals surface area contributed by atoms with Gasteiger partial charge in [0.1, 0.15) is 13.2 Å². The lowest BCUT2D eigenvalue weighted by molar-refractivity contribution is -0.0294. The predicted molar refractivity (Wildman–Crippen MR) is 115 cm³/mol. The molecule has 2 aromatic carbocycles. The minimum Gasteiger partial charge on any atom is -0.486 e. The summed E-state index contributed by atoms with van der Waals surface area (Å²) >= 11 is 0. The number of hydrogen-bond acceptors (Lipinski definition) is 5. The fourth-order valence-electron chi connectivity index (χ4n) is 5.12. The number of aliphatic hydroxyl groups is 1. The van der Waals surface area contributed by atoms with Gasteiger partial charge in [-0.15, -0.1) is 0 Å². The van der Waals surface area contributed by atoms with Gasteiger partial charge in [-0.05, 0) is 67.5 Å². The fourth-order valence-corrected chi connectivity index (χ4v) is 5.12. The number of aryl methyl sites for hydroxylation is 1. The number of hydrogen-bond donors (Lipinski definition) is 1. The van der Waals surface area contributed by atoms with Gasteiger partial charge in [-0.1, -0.05) is 30.3 Å². The Bertz CT molecular complexity index is 870. The highest BCUT2D eigenvalue weighted by Crippen LogP contribution is 2.38. The Balaban J connectivity index is 1.19. The molecule has 0 aromatic heterocycles. The number of fused-ring (bicyclic) bond motifs is 2. The largest absolute Gasteiger partial charge is 0.486 e. The SMILES string of the molecule is O[C@H](CO[C@@H]1CCCc2ccccc21)CN1CCC[C@@H]1c1ccc2c(c1)OCCO2. The molecule has 0 spiro atoms. The van der Waals surface area contributed by atoms with Crippen LogP contribution in [0.1, 0.15) is 54.5 Å². The third-order valence-corrected chi connectivity index (χ3v) is 6.56. The zero-order chi connectivity index (χ0) is 20.3. The molecule has 160 valence electrons. The van der Waals surface area contributed by atoms with Gasteiger partial charge < -0.3 is 19.3 Å². The first-order chi connectivity index (χ1) is 14.8. The number of β-amino-alcohol motifs (C(OH)–C–C–N with tert-alkyl or cyclic N) is 1. The van der Waals surface area contributed by atoms with Crippen molar-refractivity contribution in [3.8, 4) is 11.5 Å². The summed E-state index contributed by atoms with van der Waals surface area (Å²) in [5.41, 5.74) is 3.93. The van der Waals surface area contributed by atoms with Crippen LogP contribution in [0, 0.1) is 0 Å². The highest BCUT2D eigenvalue weighted by atomic mass is 16.6. The zero-order valence-corrected chi connectivity index (χ0v) is 17.5. The minimum absolute atomic E-state index is 0.108. The van der Waals surface area contributed by atoms with Gasteiger partial charge in [-0.2, -0.15) is 0 Å². The van der Waals surface area contributed by atoms with Crippen LogP contribution in [0.15, 0.2) is 42.5 Å². The van der Waals surface area contributed by atoms with Gasteiger partial charge in [-0.3, -0.25) is 4.90 Å². The molecule has 0 radical (unpaired) electrons. The van der Waals surface area contributed by atoms with Crippen molar-refractivity contribution in [1.29, 1.82) is 0 Å². The average molecular weight is 410 g/mol. The second kappa shape index (κ2) is 8.96. The van der Waals surface area contributed by atoms with Crippen molar-refractivity contribution < 1.29 is 19.3 Å². The third-order valence-electron chi connectivity index (χ3n) is 6.56. The summed E-state index contributed by atoms with van der Waals surface area (Å²) in [4.78, 5) is 2.38. The Hall–Kier alpha value is -2.08. The number of benzene rings is 2. The summed E-state index contributed by atoms with van der Waals surface area (Å²) in [6, 6.07) is 15.1. The van der Waals surface area contributed by atoms with Crippen LogP contribution in [0.25, 0.3) is 0 Å². The first kappa shape index (κ1) is 19.9.